The number of fused-ring (bicyclic) bond motifs is 1. The minimum Gasteiger partial charge on any atom is -0.347 e. The van der Waals surface area contributed by atoms with Gasteiger partial charge in [-0.1, -0.05) is 29.8 Å². The number of anilines is 1. The summed E-state index contributed by atoms with van der Waals surface area (Å²) in [5.74, 6) is -0.806. The maximum absolute atomic E-state index is 13.9. The molecule has 0 aliphatic carbocycles. The fourth-order valence-corrected chi connectivity index (χ4v) is 3.92. The average molecular weight is 400 g/mol. The van der Waals surface area contributed by atoms with Gasteiger partial charge in [-0.25, -0.2) is 4.39 Å². The summed E-state index contributed by atoms with van der Waals surface area (Å²) in [5.41, 5.74) is 2.29. The molecule has 28 heavy (non-hydrogen) atoms. The summed E-state index contributed by atoms with van der Waals surface area (Å²) in [7, 11) is 1.74. The van der Waals surface area contributed by atoms with Gasteiger partial charge in [-0.15, -0.1) is 0 Å². The summed E-state index contributed by atoms with van der Waals surface area (Å²) in [4.78, 5) is 27.1. The van der Waals surface area contributed by atoms with Crippen molar-refractivity contribution in [1.29, 1.82) is 0 Å². The zero-order valence-corrected chi connectivity index (χ0v) is 16.1. The summed E-state index contributed by atoms with van der Waals surface area (Å²) in [6.07, 6.45) is 1.14. The van der Waals surface area contributed by atoms with Gasteiger partial charge in [0.2, 0.25) is 5.91 Å². The van der Waals surface area contributed by atoms with Crippen LogP contribution in [0.25, 0.3) is 10.9 Å². The highest BCUT2D eigenvalue weighted by Gasteiger charge is 2.31. The summed E-state index contributed by atoms with van der Waals surface area (Å²) >= 11 is 6.17. The number of hydrogen-bond acceptors (Lipinski definition) is 2. The van der Waals surface area contributed by atoms with Crippen LogP contribution >= 0.6 is 11.6 Å². The maximum atomic E-state index is 13.9. The highest BCUT2D eigenvalue weighted by atomic mass is 35.5. The molecule has 5 nitrogen and oxygen atoms in total. The molecular formula is C21H19ClFN3O2. The SMILES string of the molecule is Cn1c(C(=O)NCc2ccccc2Cl)c(N2CCCC2=O)c2cc(F)ccc21. The van der Waals surface area contributed by atoms with Gasteiger partial charge < -0.3 is 14.8 Å². The Morgan fingerprint density at radius 1 is 1.25 bits per heavy atom. The number of hydrogen-bond donors (Lipinski definition) is 1. The number of aromatic nitrogens is 1. The van der Waals surface area contributed by atoms with E-state index in [1.54, 1.807) is 28.6 Å². The average Bonchev–Trinajstić information content (AvgIpc) is 3.21. The van der Waals surface area contributed by atoms with Crippen LogP contribution < -0.4 is 10.2 Å². The molecule has 0 unspecified atom stereocenters. The third-order valence-electron chi connectivity index (χ3n) is 5.09. The Balaban J connectivity index is 1.77. The number of benzene rings is 2. The third kappa shape index (κ3) is 3.14. The van der Waals surface area contributed by atoms with E-state index in [-0.39, 0.29) is 18.4 Å². The van der Waals surface area contributed by atoms with Crippen molar-refractivity contribution in [3.63, 3.8) is 0 Å². The third-order valence-corrected chi connectivity index (χ3v) is 5.46. The number of nitrogens with zero attached hydrogens (tertiary/aromatic N) is 2. The quantitative estimate of drug-likeness (QED) is 0.720. The van der Waals surface area contributed by atoms with E-state index in [9.17, 15) is 14.0 Å². The van der Waals surface area contributed by atoms with E-state index in [1.807, 2.05) is 18.2 Å². The number of aryl methyl sites for hydroxylation is 1. The fourth-order valence-electron chi connectivity index (χ4n) is 3.72. The summed E-state index contributed by atoms with van der Waals surface area (Å²) < 4.78 is 15.6. The zero-order chi connectivity index (χ0) is 19.8. The highest BCUT2D eigenvalue weighted by molar-refractivity contribution is 6.31. The van der Waals surface area contributed by atoms with Crippen molar-refractivity contribution in [2.75, 3.05) is 11.4 Å². The topological polar surface area (TPSA) is 54.3 Å². The molecule has 0 radical (unpaired) electrons. The molecule has 0 bridgehead atoms. The summed E-state index contributed by atoms with van der Waals surface area (Å²) in [5, 5.41) is 4.00. The summed E-state index contributed by atoms with van der Waals surface area (Å²) in [6.45, 7) is 0.765. The Labute approximate surface area is 166 Å². The fraction of sp³-hybridized carbons (Fsp3) is 0.238. The Bertz CT molecular complexity index is 1090. The molecule has 1 aliphatic rings. The van der Waals surface area contributed by atoms with Crippen molar-refractivity contribution in [3.05, 3.63) is 64.6 Å². The van der Waals surface area contributed by atoms with Crippen molar-refractivity contribution in [2.45, 2.75) is 19.4 Å². The van der Waals surface area contributed by atoms with Gasteiger partial charge in [0, 0.05) is 37.0 Å². The van der Waals surface area contributed by atoms with Crippen LogP contribution in [0.1, 0.15) is 28.9 Å². The number of halogens is 2. The molecule has 1 saturated heterocycles. The van der Waals surface area contributed by atoms with Gasteiger partial charge in [-0.05, 0) is 36.2 Å². The van der Waals surface area contributed by atoms with E-state index in [1.165, 1.54) is 12.1 Å². The van der Waals surface area contributed by atoms with Crippen molar-refractivity contribution in [3.8, 4) is 0 Å². The van der Waals surface area contributed by atoms with Crippen LogP contribution in [0.4, 0.5) is 10.1 Å². The molecule has 2 heterocycles. The molecule has 1 aliphatic heterocycles. The van der Waals surface area contributed by atoms with Crippen LogP contribution in [0, 0.1) is 5.82 Å². The minimum absolute atomic E-state index is 0.0584. The standard InChI is InChI=1S/C21H19ClFN3O2/c1-25-17-9-8-14(23)11-15(17)19(26-10-4-7-18(26)27)20(25)21(28)24-12-13-5-2-3-6-16(13)22/h2-3,5-6,8-9,11H,4,7,10,12H2,1H3,(H,24,28). The molecule has 3 aromatic rings. The molecule has 1 fully saturated rings. The minimum atomic E-state index is -0.408. The van der Waals surface area contributed by atoms with E-state index in [2.05, 4.69) is 5.32 Å². The molecule has 144 valence electrons. The van der Waals surface area contributed by atoms with Crippen LogP contribution in [-0.2, 0) is 18.4 Å². The number of rotatable bonds is 4. The Morgan fingerprint density at radius 3 is 2.75 bits per heavy atom. The van der Waals surface area contributed by atoms with Gasteiger partial charge in [-0.2, -0.15) is 0 Å². The number of nitrogens with one attached hydrogen (secondary N) is 1. The van der Waals surface area contributed by atoms with Crippen molar-refractivity contribution < 1.29 is 14.0 Å². The lowest BCUT2D eigenvalue weighted by Crippen LogP contribution is -2.30. The van der Waals surface area contributed by atoms with Crippen LogP contribution in [0.2, 0.25) is 5.02 Å². The Kier molecular flexibility index (Phi) is 4.81. The molecular weight excluding hydrogens is 381 g/mol. The first kappa shape index (κ1) is 18.5. The summed E-state index contributed by atoms with van der Waals surface area (Å²) in [6, 6.07) is 11.6. The molecule has 0 saturated carbocycles. The second kappa shape index (κ2) is 7.28. The van der Waals surface area contributed by atoms with Gasteiger partial charge in [0.25, 0.3) is 5.91 Å². The van der Waals surface area contributed by atoms with E-state index >= 15 is 0 Å². The van der Waals surface area contributed by atoms with Crippen LogP contribution in [-0.4, -0.2) is 22.9 Å². The van der Waals surface area contributed by atoms with Crippen LogP contribution in [0.15, 0.2) is 42.5 Å². The molecule has 0 spiro atoms. The molecule has 4 rings (SSSR count). The van der Waals surface area contributed by atoms with Crippen molar-refractivity contribution >= 4 is 40.0 Å². The van der Waals surface area contributed by atoms with Gasteiger partial charge >= 0.3 is 0 Å². The first-order valence-corrected chi connectivity index (χ1v) is 9.45. The molecule has 1 aromatic heterocycles. The predicted molar refractivity (Wildman–Crippen MR) is 107 cm³/mol. The highest BCUT2D eigenvalue weighted by Crippen LogP contribution is 2.36. The monoisotopic (exact) mass is 399 g/mol. The largest absolute Gasteiger partial charge is 0.347 e. The van der Waals surface area contributed by atoms with E-state index in [0.717, 1.165) is 5.56 Å². The zero-order valence-electron chi connectivity index (χ0n) is 15.3. The van der Waals surface area contributed by atoms with Crippen molar-refractivity contribution in [1.82, 2.24) is 9.88 Å². The Hall–Kier alpha value is -2.86. The lowest BCUT2D eigenvalue weighted by Gasteiger charge is -2.18. The van der Waals surface area contributed by atoms with Gasteiger partial charge in [-0.3, -0.25) is 9.59 Å². The van der Waals surface area contributed by atoms with Crippen LogP contribution in [0.5, 0.6) is 0 Å². The second-order valence-electron chi connectivity index (χ2n) is 6.84. The van der Waals surface area contributed by atoms with E-state index in [4.69, 9.17) is 11.6 Å². The van der Waals surface area contributed by atoms with Gasteiger partial charge in [0.1, 0.15) is 11.5 Å². The van der Waals surface area contributed by atoms with E-state index < -0.39 is 5.82 Å². The number of amides is 2. The first-order valence-electron chi connectivity index (χ1n) is 9.07. The molecule has 2 aromatic carbocycles. The second-order valence-corrected chi connectivity index (χ2v) is 7.25. The van der Waals surface area contributed by atoms with Gasteiger partial charge in [0.15, 0.2) is 0 Å². The Morgan fingerprint density at radius 2 is 2.04 bits per heavy atom. The normalized spacial score (nSPS) is 14.1. The maximum Gasteiger partial charge on any atom is 0.270 e. The molecule has 1 N–H and O–H groups in total. The smallest absolute Gasteiger partial charge is 0.270 e. The molecule has 2 amide bonds. The first-order chi connectivity index (χ1) is 13.5. The molecule has 7 heteroatoms. The van der Waals surface area contributed by atoms with Crippen molar-refractivity contribution in [2.24, 2.45) is 7.05 Å². The van der Waals surface area contributed by atoms with Gasteiger partial charge in [0.05, 0.1) is 11.2 Å². The van der Waals surface area contributed by atoms with E-state index in [0.29, 0.717) is 46.7 Å². The molecule has 0 atom stereocenters. The van der Waals surface area contributed by atoms with Crippen LogP contribution in [0.3, 0.4) is 0 Å². The lowest BCUT2D eigenvalue weighted by atomic mass is 10.2. The predicted octanol–water partition coefficient (Wildman–Crippen LogP) is 4.03. The number of carbonyl (C=O) groups excluding carboxylic acids is 2. The lowest BCUT2D eigenvalue weighted by molar-refractivity contribution is -0.117. The number of carbonyl (C=O) groups is 2.